The Morgan fingerprint density at radius 3 is 2.38 bits per heavy atom. The first-order valence-electron chi connectivity index (χ1n) is 5.06. The van der Waals surface area contributed by atoms with Crippen molar-refractivity contribution in [1.29, 1.82) is 0 Å². The molecule has 0 bridgehead atoms. The largest absolute Gasteiger partial charge is 0.392 e. The molecule has 0 aromatic rings. The van der Waals surface area contributed by atoms with Gasteiger partial charge in [0.05, 0.1) is 6.10 Å². The molecule has 1 aliphatic rings. The van der Waals surface area contributed by atoms with Crippen LogP contribution >= 0.6 is 0 Å². The van der Waals surface area contributed by atoms with Crippen LogP contribution in [0, 0.1) is 0 Å². The minimum absolute atomic E-state index is 0.192. The molecule has 1 rings (SSSR count). The predicted octanol–water partition coefficient (Wildman–Crippen LogP) is 0.914. The first-order chi connectivity index (χ1) is 6.02. The molecule has 0 spiro atoms. The maximum Gasteiger partial charge on any atom is 0.0688 e. The minimum atomic E-state index is -0.324. The smallest absolute Gasteiger partial charge is 0.0688 e. The van der Waals surface area contributed by atoms with E-state index in [1.807, 2.05) is 20.8 Å². The Morgan fingerprint density at radius 2 is 1.92 bits per heavy atom. The molecule has 1 heterocycles. The molecule has 1 atom stereocenters. The monoisotopic (exact) mass is 187 g/mol. The molecular formula is C10H21NO2. The molecule has 3 heteroatoms. The number of hydrogen-bond donors (Lipinski definition) is 2. The lowest BCUT2D eigenvalue weighted by Crippen LogP contribution is -2.53. The van der Waals surface area contributed by atoms with Crippen molar-refractivity contribution in [1.82, 2.24) is 5.32 Å². The molecule has 3 nitrogen and oxygen atoms in total. The maximum absolute atomic E-state index is 9.52. The van der Waals surface area contributed by atoms with Gasteiger partial charge in [0.2, 0.25) is 0 Å². The molecule has 13 heavy (non-hydrogen) atoms. The number of nitrogens with one attached hydrogen (secondary N) is 1. The molecular weight excluding hydrogens is 166 g/mol. The van der Waals surface area contributed by atoms with Crippen LogP contribution in [0.4, 0.5) is 0 Å². The molecule has 2 N–H and O–H groups in total. The van der Waals surface area contributed by atoms with E-state index < -0.39 is 0 Å². The summed E-state index contributed by atoms with van der Waals surface area (Å²) < 4.78 is 5.27. The van der Waals surface area contributed by atoms with Crippen LogP contribution in [0.2, 0.25) is 0 Å². The third-order valence-corrected chi connectivity index (χ3v) is 2.84. The quantitative estimate of drug-likeness (QED) is 0.690. The van der Waals surface area contributed by atoms with E-state index in [2.05, 4.69) is 5.32 Å². The molecule has 0 aromatic heterocycles. The van der Waals surface area contributed by atoms with Gasteiger partial charge in [-0.3, -0.25) is 0 Å². The summed E-state index contributed by atoms with van der Waals surface area (Å²) >= 11 is 0. The van der Waals surface area contributed by atoms with Crippen molar-refractivity contribution in [2.45, 2.75) is 51.3 Å². The zero-order chi connectivity index (χ0) is 9.90. The summed E-state index contributed by atoms with van der Waals surface area (Å²) in [5, 5.41) is 13.0. The summed E-state index contributed by atoms with van der Waals surface area (Å²) in [6.45, 7) is 7.58. The molecule has 0 amide bonds. The lowest BCUT2D eigenvalue weighted by atomic mass is 9.95. The second-order valence-corrected chi connectivity index (χ2v) is 4.43. The molecule has 1 unspecified atom stereocenters. The van der Waals surface area contributed by atoms with Crippen LogP contribution in [0.15, 0.2) is 0 Å². The van der Waals surface area contributed by atoms with Gasteiger partial charge in [0.25, 0.3) is 0 Å². The SMILES string of the molecule is CC(O)C(C)(C)NC1CCOCC1. The van der Waals surface area contributed by atoms with E-state index in [1.165, 1.54) is 0 Å². The van der Waals surface area contributed by atoms with Crippen LogP contribution in [-0.4, -0.2) is 36.0 Å². The van der Waals surface area contributed by atoms with Crippen molar-refractivity contribution in [2.75, 3.05) is 13.2 Å². The van der Waals surface area contributed by atoms with Crippen LogP contribution in [0.3, 0.4) is 0 Å². The molecule has 1 fully saturated rings. The van der Waals surface area contributed by atoms with Crippen LogP contribution in [0.5, 0.6) is 0 Å². The number of hydrogen-bond acceptors (Lipinski definition) is 3. The summed E-state index contributed by atoms with van der Waals surface area (Å²) in [6, 6.07) is 0.498. The molecule has 0 aliphatic carbocycles. The molecule has 0 aromatic carbocycles. The van der Waals surface area contributed by atoms with Crippen LogP contribution in [-0.2, 0) is 4.74 Å². The summed E-state index contributed by atoms with van der Waals surface area (Å²) in [7, 11) is 0. The van der Waals surface area contributed by atoms with Crippen molar-refractivity contribution in [3.8, 4) is 0 Å². The van der Waals surface area contributed by atoms with Crippen molar-refractivity contribution in [3.05, 3.63) is 0 Å². The zero-order valence-corrected chi connectivity index (χ0v) is 8.84. The standard InChI is InChI=1S/C10H21NO2/c1-8(12)10(2,3)11-9-4-6-13-7-5-9/h8-9,11-12H,4-7H2,1-3H3. The molecule has 0 radical (unpaired) electrons. The van der Waals surface area contributed by atoms with Gasteiger partial charge in [0.15, 0.2) is 0 Å². The molecule has 78 valence electrons. The molecule has 1 aliphatic heterocycles. The first kappa shape index (κ1) is 11.0. The van der Waals surface area contributed by atoms with Crippen molar-refractivity contribution in [3.63, 3.8) is 0 Å². The Bertz CT molecular complexity index is 151. The van der Waals surface area contributed by atoms with Gasteiger partial charge in [0, 0.05) is 24.8 Å². The lowest BCUT2D eigenvalue weighted by molar-refractivity contribution is 0.0441. The summed E-state index contributed by atoms with van der Waals surface area (Å²) in [6.07, 6.45) is 1.78. The first-order valence-corrected chi connectivity index (χ1v) is 5.06. The van der Waals surface area contributed by atoms with Crippen molar-refractivity contribution >= 4 is 0 Å². The number of aliphatic hydroxyl groups excluding tert-OH is 1. The topological polar surface area (TPSA) is 41.5 Å². The third kappa shape index (κ3) is 3.25. The zero-order valence-electron chi connectivity index (χ0n) is 8.84. The highest BCUT2D eigenvalue weighted by Crippen LogP contribution is 2.14. The van der Waals surface area contributed by atoms with E-state index in [0.717, 1.165) is 26.1 Å². The van der Waals surface area contributed by atoms with Gasteiger partial charge >= 0.3 is 0 Å². The van der Waals surface area contributed by atoms with Crippen molar-refractivity contribution < 1.29 is 9.84 Å². The Kier molecular flexibility index (Phi) is 3.71. The van der Waals surface area contributed by atoms with Crippen LogP contribution in [0.25, 0.3) is 0 Å². The Labute approximate surface area is 80.5 Å². The normalized spacial score (nSPS) is 23.1. The Balaban J connectivity index is 2.37. The van der Waals surface area contributed by atoms with Crippen LogP contribution < -0.4 is 5.32 Å². The van der Waals surface area contributed by atoms with Gasteiger partial charge in [-0.15, -0.1) is 0 Å². The third-order valence-electron chi connectivity index (χ3n) is 2.84. The van der Waals surface area contributed by atoms with E-state index in [1.54, 1.807) is 0 Å². The second-order valence-electron chi connectivity index (χ2n) is 4.43. The van der Waals surface area contributed by atoms with Gasteiger partial charge < -0.3 is 15.2 Å². The average Bonchev–Trinajstić information content (AvgIpc) is 2.05. The fraction of sp³-hybridized carbons (Fsp3) is 1.00. The Hall–Kier alpha value is -0.120. The van der Waals surface area contributed by atoms with Crippen LogP contribution in [0.1, 0.15) is 33.6 Å². The van der Waals surface area contributed by atoms with E-state index in [4.69, 9.17) is 4.74 Å². The summed E-state index contributed by atoms with van der Waals surface area (Å²) in [5.74, 6) is 0. The fourth-order valence-electron chi connectivity index (χ4n) is 1.49. The summed E-state index contributed by atoms with van der Waals surface area (Å²) in [5.41, 5.74) is -0.192. The highest BCUT2D eigenvalue weighted by molar-refractivity contribution is 4.87. The van der Waals surface area contributed by atoms with E-state index in [0.29, 0.717) is 6.04 Å². The lowest BCUT2D eigenvalue weighted by Gasteiger charge is -2.35. The average molecular weight is 187 g/mol. The van der Waals surface area contributed by atoms with Gasteiger partial charge in [-0.1, -0.05) is 0 Å². The van der Waals surface area contributed by atoms with Crippen molar-refractivity contribution in [2.24, 2.45) is 0 Å². The van der Waals surface area contributed by atoms with E-state index in [-0.39, 0.29) is 11.6 Å². The summed E-state index contributed by atoms with van der Waals surface area (Å²) in [4.78, 5) is 0. The Morgan fingerprint density at radius 1 is 1.38 bits per heavy atom. The minimum Gasteiger partial charge on any atom is -0.392 e. The number of rotatable bonds is 3. The second kappa shape index (κ2) is 4.40. The predicted molar refractivity (Wildman–Crippen MR) is 52.7 cm³/mol. The number of aliphatic hydroxyl groups is 1. The van der Waals surface area contributed by atoms with E-state index in [9.17, 15) is 5.11 Å². The number of ether oxygens (including phenoxy) is 1. The fourth-order valence-corrected chi connectivity index (χ4v) is 1.49. The molecule has 1 saturated heterocycles. The van der Waals surface area contributed by atoms with Gasteiger partial charge in [-0.05, 0) is 33.6 Å². The van der Waals surface area contributed by atoms with Gasteiger partial charge in [-0.2, -0.15) is 0 Å². The highest BCUT2D eigenvalue weighted by atomic mass is 16.5. The van der Waals surface area contributed by atoms with E-state index >= 15 is 0 Å². The van der Waals surface area contributed by atoms with Gasteiger partial charge in [0.1, 0.15) is 0 Å². The maximum atomic E-state index is 9.52. The highest BCUT2D eigenvalue weighted by Gasteiger charge is 2.27. The molecule has 0 saturated carbocycles. The van der Waals surface area contributed by atoms with Gasteiger partial charge in [-0.25, -0.2) is 0 Å².